The molecule has 0 aliphatic heterocycles. The number of Topliss-reactive ketones (excluding diaryl/α,β-unsaturated/α-hetero) is 1. The Labute approximate surface area is 228 Å². The molecular weight excluding hydrogens is 526 g/mol. The average Bonchev–Trinajstić information content (AvgIpc) is 3.40. The first-order chi connectivity index (χ1) is 19.0. The lowest BCUT2D eigenvalue weighted by molar-refractivity contribution is -0.131. The fourth-order valence-electron chi connectivity index (χ4n) is 4.81. The summed E-state index contributed by atoms with van der Waals surface area (Å²) in [5.41, 5.74) is 3.65. The van der Waals surface area contributed by atoms with Gasteiger partial charge in [0.05, 0.1) is 37.3 Å². The number of alkyl halides is 3. The lowest BCUT2D eigenvalue weighted by atomic mass is 9.97. The fraction of sp³-hybridized carbons (Fsp3) is 0.333. The van der Waals surface area contributed by atoms with Crippen molar-refractivity contribution in [2.75, 3.05) is 19.0 Å². The topological polar surface area (TPSA) is 64.9 Å². The Kier molecular flexibility index (Phi) is 7.44. The Morgan fingerprint density at radius 1 is 1.15 bits per heavy atom. The predicted molar refractivity (Wildman–Crippen MR) is 144 cm³/mol. The van der Waals surface area contributed by atoms with Crippen LogP contribution in [0, 0.1) is 24.6 Å². The minimum atomic E-state index is -4.33. The summed E-state index contributed by atoms with van der Waals surface area (Å²) in [6, 6.07) is 11.2. The number of halogens is 4. The lowest BCUT2D eigenvalue weighted by Gasteiger charge is -2.14. The van der Waals surface area contributed by atoms with Gasteiger partial charge in [0.25, 0.3) is 0 Å². The molecule has 0 radical (unpaired) electrons. The maximum Gasteiger partial charge on any atom is 0.390 e. The van der Waals surface area contributed by atoms with Gasteiger partial charge in [0.15, 0.2) is 23.0 Å². The summed E-state index contributed by atoms with van der Waals surface area (Å²) >= 11 is 0. The molecule has 2 heterocycles. The number of ketones is 1. The van der Waals surface area contributed by atoms with Crippen LogP contribution in [0.25, 0.3) is 16.9 Å². The number of aryl methyl sites for hydroxylation is 1. The number of hydrogen-bond acceptors (Lipinski definition) is 5. The highest BCUT2D eigenvalue weighted by atomic mass is 19.4. The van der Waals surface area contributed by atoms with E-state index in [-0.39, 0.29) is 29.6 Å². The zero-order chi connectivity index (χ0) is 28.6. The van der Waals surface area contributed by atoms with Gasteiger partial charge in [-0.05, 0) is 48.9 Å². The molecule has 2 aromatic heterocycles. The SMILES string of the molecule is COc1ccc(Oc2cc(NCCC(F)(F)F)c3ncc(-c4ccc(C(=O)C[C@H]5C[C@@H]5C)c(C)c4)n3c2)cc1F. The van der Waals surface area contributed by atoms with Gasteiger partial charge < -0.3 is 14.8 Å². The number of carbonyl (C=O) groups excluding carboxylic acids is 1. The highest BCUT2D eigenvalue weighted by Gasteiger charge is 2.34. The highest BCUT2D eigenvalue weighted by Crippen LogP contribution is 2.41. The second kappa shape index (κ2) is 10.8. The molecule has 1 aliphatic carbocycles. The Morgan fingerprint density at radius 2 is 1.93 bits per heavy atom. The van der Waals surface area contributed by atoms with Gasteiger partial charge in [-0.1, -0.05) is 19.1 Å². The molecule has 1 N–H and O–H groups in total. The van der Waals surface area contributed by atoms with E-state index in [1.54, 1.807) is 16.8 Å². The molecule has 5 rings (SSSR count). The molecular formula is C30H29F4N3O3. The molecule has 1 aliphatic rings. The number of fused-ring (bicyclic) bond motifs is 1. The number of aromatic nitrogens is 2. The van der Waals surface area contributed by atoms with Crippen molar-refractivity contribution >= 4 is 17.1 Å². The van der Waals surface area contributed by atoms with E-state index < -0.39 is 18.4 Å². The van der Waals surface area contributed by atoms with Crippen molar-refractivity contribution in [2.24, 2.45) is 11.8 Å². The molecule has 0 spiro atoms. The molecule has 6 nitrogen and oxygen atoms in total. The molecule has 210 valence electrons. The zero-order valence-electron chi connectivity index (χ0n) is 22.3. The number of methoxy groups -OCH3 is 1. The van der Waals surface area contributed by atoms with Crippen molar-refractivity contribution in [3.63, 3.8) is 0 Å². The molecule has 0 saturated heterocycles. The summed E-state index contributed by atoms with van der Waals surface area (Å²) in [6.07, 6.45) is -0.488. The van der Waals surface area contributed by atoms with Gasteiger partial charge in [0.2, 0.25) is 0 Å². The number of nitrogens with one attached hydrogen (secondary N) is 1. The van der Waals surface area contributed by atoms with Gasteiger partial charge >= 0.3 is 6.18 Å². The summed E-state index contributed by atoms with van der Waals surface area (Å²) in [5.74, 6) is 1.04. The van der Waals surface area contributed by atoms with Gasteiger partial charge in [-0.2, -0.15) is 13.2 Å². The Morgan fingerprint density at radius 3 is 2.58 bits per heavy atom. The number of hydrogen-bond donors (Lipinski definition) is 1. The summed E-state index contributed by atoms with van der Waals surface area (Å²) in [4.78, 5) is 17.3. The molecule has 2 atom stereocenters. The Bertz CT molecular complexity index is 1560. The summed E-state index contributed by atoms with van der Waals surface area (Å²) < 4.78 is 65.3. The van der Waals surface area contributed by atoms with Crippen LogP contribution in [0.2, 0.25) is 0 Å². The average molecular weight is 556 g/mol. The number of imidazole rings is 1. The number of anilines is 1. The molecule has 0 bridgehead atoms. The van der Waals surface area contributed by atoms with E-state index in [1.165, 1.54) is 25.3 Å². The van der Waals surface area contributed by atoms with Crippen molar-refractivity contribution in [2.45, 2.75) is 39.3 Å². The van der Waals surface area contributed by atoms with Gasteiger partial charge in [-0.3, -0.25) is 9.20 Å². The highest BCUT2D eigenvalue weighted by molar-refractivity contribution is 5.98. The van der Waals surface area contributed by atoms with Gasteiger partial charge in [-0.15, -0.1) is 0 Å². The molecule has 1 saturated carbocycles. The number of benzene rings is 2. The molecule has 0 amide bonds. The molecule has 2 aromatic carbocycles. The fourth-order valence-corrected chi connectivity index (χ4v) is 4.81. The van der Waals surface area contributed by atoms with Crippen molar-refractivity contribution in [3.05, 3.63) is 71.8 Å². The van der Waals surface area contributed by atoms with Crippen molar-refractivity contribution < 1.29 is 31.8 Å². The number of carbonyl (C=O) groups is 1. The van der Waals surface area contributed by atoms with Crippen LogP contribution in [-0.2, 0) is 0 Å². The maximum absolute atomic E-state index is 14.3. The molecule has 10 heteroatoms. The van der Waals surface area contributed by atoms with Crippen molar-refractivity contribution in [1.29, 1.82) is 0 Å². The van der Waals surface area contributed by atoms with Crippen molar-refractivity contribution in [1.82, 2.24) is 9.38 Å². The quantitative estimate of drug-likeness (QED) is 0.160. The third kappa shape index (κ3) is 6.05. The molecule has 40 heavy (non-hydrogen) atoms. The van der Waals surface area contributed by atoms with Gasteiger partial charge in [-0.25, -0.2) is 9.37 Å². The van der Waals surface area contributed by atoms with Crippen LogP contribution in [0.1, 0.15) is 42.1 Å². The van der Waals surface area contributed by atoms with Crippen LogP contribution in [0.3, 0.4) is 0 Å². The van der Waals surface area contributed by atoms with Crippen LogP contribution in [0.5, 0.6) is 17.2 Å². The minimum absolute atomic E-state index is 0.0538. The van der Waals surface area contributed by atoms with Crippen LogP contribution in [-0.4, -0.2) is 35.0 Å². The Hall–Kier alpha value is -4.08. The molecule has 4 aromatic rings. The zero-order valence-corrected chi connectivity index (χ0v) is 22.3. The standard InChI is InChI=1S/C30H29F4N3O3/c1-17-10-20(17)12-27(38)23-6-4-19(11-18(23)2)26-15-36-29-25(35-9-8-30(32,33)34)14-22(16-37(26)29)40-21-5-7-28(39-3)24(31)13-21/h4-7,11,13-17,20,35H,8-10,12H2,1-3H3/t17-,20+/m0/s1. The van der Waals surface area contributed by atoms with Gasteiger partial charge in [0.1, 0.15) is 11.5 Å². The number of ether oxygens (including phenoxy) is 2. The molecule has 0 unspecified atom stereocenters. The summed E-state index contributed by atoms with van der Waals surface area (Å²) in [7, 11) is 1.35. The second-order valence-corrected chi connectivity index (χ2v) is 10.2. The first-order valence-electron chi connectivity index (χ1n) is 13.0. The summed E-state index contributed by atoms with van der Waals surface area (Å²) in [5, 5.41) is 2.81. The van der Waals surface area contributed by atoms with Crippen molar-refractivity contribution in [3.8, 4) is 28.5 Å². The van der Waals surface area contributed by atoms with E-state index in [1.807, 2.05) is 25.1 Å². The smallest absolute Gasteiger partial charge is 0.390 e. The summed E-state index contributed by atoms with van der Waals surface area (Å²) in [6.45, 7) is 3.67. The van der Waals surface area contributed by atoms with E-state index >= 15 is 0 Å². The van der Waals surface area contributed by atoms with E-state index in [9.17, 15) is 22.4 Å². The number of pyridine rings is 1. The minimum Gasteiger partial charge on any atom is -0.494 e. The lowest BCUT2D eigenvalue weighted by Crippen LogP contribution is -2.15. The van der Waals surface area contributed by atoms with Crippen LogP contribution in [0.4, 0.5) is 23.2 Å². The Balaban J connectivity index is 1.49. The van der Waals surface area contributed by atoms with Crippen LogP contribution >= 0.6 is 0 Å². The predicted octanol–water partition coefficient (Wildman–Crippen LogP) is 7.84. The first-order valence-corrected chi connectivity index (χ1v) is 13.0. The van der Waals surface area contributed by atoms with E-state index in [2.05, 4.69) is 17.2 Å². The van der Waals surface area contributed by atoms with Gasteiger partial charge in [0, 0.05) is 36.2 Å². The normalized spacial score (nSPS) is 16.7. The second-order valence-electron chi connectivity index (χ2n) is 10.2. The van der Waals surface area contributed by atoms with Crippen LogP contribution in [0.15, 0.2) is 54.9 Å². The third-order valence-corrected chi connectivity index (χ3v) is 7.21. The van der Waals surface area contributed by atoms with E-state index in [0.717, 1.165) is 23.6 Å². The number of rotatable bonds is 10. The maximum atomic E-state index is 14.3. The van der Waals surface area contributed by atoms with Crippen LogP contribution < -0.4 is 14.8 Å². The largest absolute Gasteiger partial charge is 0.494 e. The first kappa shape index (κ1) is 27.5. The van der Waals surface area contributed by atoms with E-state index in [0.29, 0.717) is 40.8 Å². The third-order valence-electron chi connectivity index (χ3n) is 7.21. The monoisotopic (exact) mass is 555 g/mol. The number of nitrogens with zero attached hydrogens (tertiary/aromatic N) is 2. The molecule has 1 fully saturated rings. The van der Waals surface area contributed by atoms with E-state index in [4.69, 9.17) is 9.47 Å².